The molecule has 0 amide bonds. The van der Waals surface area contributed by atoms with Crippen LogP contribution in [0.5, 0.6) is 0 Å². The van der Waals surface area contributed by atoms with Crippen molar-refractivity contribution in [2.45, 2.75) is 4.90 Å². The fraction of sp³-hybridized carbons (Fsp3) is 0.375. The van der Waals surface area contributed by atoms with E-state index in [0.717, 1.165) is 17.4 Å². The van der Waals surface area contributed by atoms with E-state index >= 15 is 0 Å². The van der Waals surface area contributed by atoms with E-state index in [9.17, 15) is 13.2 Å². The Labute approximate surface area is 96.9 Å². The maximum Gasteiger partial charge on any atom is 0.345 e. The number of methoxy groups -OCH3 is 1. The Bertz CT molecular complexity index is 465. The molecule has 2 N–H and O–H groups in total. The lowest BCUT2D eigenvalue weighted by Crippen LogP contribution is -2.26. The van der Waals surface area contributed by atoms with Gasteiger partial charge in [-0.1, -0.05) is 0 Å². The molecule has 1 aromatic rings. The molecule has 0 aliphatic carbocycles. The van der Waals surface area contributed by atoms with Crippen LogP contribution >= 0.6 is 11.3 Å². The molecule has 16 heavy (non-hydrogen) atoms. The highest BCUT2D eigenvalue weighted by atomic mass is 32.2. The Balaban J connectivity index is 2.78. The number of carboxylic acids is 1. The maximum absolute atomic E-state index is 11.6. The standard InChI is InChI=1S/C8H11NO5S2/c1-14-3-2-9-16(12,13)6-4-7(8(10)11)15-5-6/h4-5,9H,2-3H2,1H3,(H,10,11). The summed E-state index contributed by atoms with van der Waals surface area (Å²) in [5.41, 5.74) is 0. The first-order valence-electron chi connectivity index (χ1n) is 4.28. The summed E-state index contributed by atoms with van der Waals surface area (Å²) in [6, 6.07) is 1.13. The van der Waals surface area contributed by atoms with Crippen molar-refractivity contribution in [1.29, 1.82) is 0 Å². The number of hydrogen-bond donors (Lipinski definition) is 2. The highest BCUT2D eigenvalue weighted by molar-refractivity contribution is 7.89. The van der Waals surface area contributed by atoms with Crippen LogP contribution in [0.3, 0.4) is 0 Å². The lowest BCUT2D eigenvalue weighted by molar-refractivity contribution is 0.0702. The first-order chi connectivity index (χ1) is 7.47. The predicted molar refractivity (Wildman–Crippen MR) is 58.3 cm³/mol. The van der Waals surface area contributed by atoms with Gasteiger partial charge in [0.25, 0.3) is 0 Å². The van der Waals surface area contributed by atoms with E-state index < -0.39 is 16.0 Å². The van der Waals surface area contributed by atoms with Gasteiger partial charge in [-0.3, -0.25) is 0 Å². The zero-order valence-corrected chi connectivity index (χ0v) is 10.1. The van der Waals surface area contributed by atoms with Crippen LogP contribution in [0.25, 0.3) is 0 Å². The lowest BCUT2D eigenvalue weighted by Gasteiger charge is -2.03. The Hall–Kier alpha value is -0.960. The highest BCUT2D eigenvalue weighted by Crippen LogP contribution is 2.18. The number of carbonyl (C=O) groups is 1. The molecule has 0 bridgehead atoms. The second-order valence-electron chi connectivity index (χ2n) is 2.84. The normalized spacial score (nSPS) is 11.6. The molecule has 0 atom stereocenters. The molecule has 90 valence electrons. The summed E-state index contributed by atoms with van der Waals surface area (Å²) in [6.07, 6.45) is 0. The van der Waals surface area contributed by atoms with E-state index in [4.69, 9.17) is 9.84 Å². The zero-order chi connectivity index (χ0) is 12.2. The van der Waals surface area contributed by atoms with Crippen LogP contribution < -0.4 is 4.72 Å². The quantitative estimate of drug-likeness (QED) is 0.725. The molecule has 0 unspecified atom stereocenters. The van der Waals surface area contributed by atoms with Crippen molar-refractivity contribution in [3.8, 4) is 0 Å². The number of ether oxygens (including phenoxy) is 1. The number of rotatable bonds is 6. The van der Waals surface area contributed by atoms with Gasteiger partial charge >= 0.3 is 5.97 Å². The van der Waals surface area contributed by atoms with Gasteiger partial charge in [-0.05, 0) is 6.07 Å². The summed E-state index contributed by atoms with van der Waals surface area (Å²) in [5, 5.41) is 9.94. The van der Waals surface area contributed by atoms with Gasteiger partial charge in [0, 0.05) is 19.0 Å². The van der Waals surface area contributed by atoms with Crippen molar-refractivity contribution in [3.63, 3.8) is 0 Å². The van der Waals surface area contributed by atoms with Gasteiger partial charge in [-0.2, -0.15) is 0 Å². The molecular weight excluding hydrogens is 254 g/mol. The van der Waals surface area contributed by atoms with Gasteiger partial charge in [0.2, 0.25) is 10.0 Å². The van der Waals surface area contributed by atoms with Crippen LogP contribution in [0, 0.1) is 0 Å². The van der Waals surface area contributed by atoms with E-state index in [0.29, 0.717) is 0 Å². The summed E-state index contributed by atoms with van der Waals surface area (Å²) in [7, 11) is -2.17. The molecule has 0 saturated carbocycles. The number of sulfonamides is 1. The average Bonchev–Trinajstić information content (AvgIpc) is 2.67. The number of nitrogens with one attached hydrogen (secondary N) is 1. The minimum absolute atomic E-state index is 0.00730. The smallest absolute Gasteiger partial charge is 0.345 e. The van der Waals surface area contributed by atoms with Crippen molar-refractivity contribution in [2.24, 2.45) is 0 Å². The summed E-state index contributed by atoms with van der Waals surface area (Å²) >= 11 is 0.874. The van der Waals surface area contributed by atoms with Crippen molar-refractivity contribution in [1.82, 2.24) is 4.72 Å². The maximum atomic E-state index is 11.6. The molecule has 0 aliphatic heterocycles. The number of thiophene rings is 1. The number of aromatic carboxylic acids is 1. The topological polar surface area (TPSA) is 92.7 Å². The molecule has 0 aromatic carbocycles. The van der Waals surface area contributed by atoms with E-state index in [1.807, 2.05) is 0 Å². The first kappa shape index (κ1) is 13.1. The van der Waals surface area contributed by atoms with Gasteiger partial charge in [-0.15, -0.1) is 11.3 Å². The Morgan fingerprint density at radius 3 is 2.81 bits per heavy atom. The first-order valence-corrected chi connectivity index (χ1v) is 6.64. The van der Waals surface area contributed by atoms with Crippen LogP contribution in [-0.2, 0) is 14.8 Å². The van der Waals surface area contributed by atoms with E-state index in [-0.39, 0.29) is 22.9 Å². The van der Waals surface area contributed by atoms with Gasteiger partial charge in [0.05, 0.1) is 11.5 Å². The second kappa shape index (κ2) is 5.39. The largest absolute Gasteiger partial charge is 0.477 e. The Morgan fingerprint density at radius 1 is 1.62 bits per heavy atom. The van der Waals surface area contributed by atoms with Crippen LogP contribution in [-0.4, -0.2) is 39.8 Å². The third kappa shape index (κ3) is 3.27. The van der Waals surface area contributed by atoms with Gasteiger partial charge < -0.3 is 9.84 Å². The minimum atomic E-state index is -3.63. The van der Waals surface area contributed by atoms with E-state index in [1.165, 1.54) is 12.5 Å². The summed E-state index contributed by atoms with van der Waals surface area (Å²) in [6.45, 7) is 0.409. The molecule has 1 rings (SSSR count). The van der Waals surface area contributed by atoms with Crippen LogP contribution in [0.4, 0.5) is 0 Å². The highest BCUT2D eigenvalue weighted by Gasteiger charge is 2.17. The molecule has 0 aliphatic rings. The van der Waals surface area contributed by atoms with E-state index in [1.54, 1.807) is 0 Å². The summed E-state index contributed by atoms with van der Waals surface area (Å²) < 4.78 is 30.2. The third-order valence-corrected chi connectivity index (χ3v) is 4.20. The van der Waals surface area contributed by atoms with Gasteiger partial charge in [-0.25, -0.2) is 17.9 Å². The van der Waals surface area contributed by atoms with Gasteiger partial charge in [0.15, 0.2) is 0 Å². The van der Waals surface area contributed by atoms with Crippen LogP contribution in [0.1, 0.15) is 9.67 Å². The Kier molecular flexibility index (Phi) is 4.42. The zero-order valence-electron chi connectivity index (χ0n) is 8.47. The fourth-order valence-electron chi connectivity index (χ4n) is 0.933. The third-order valence-electron chi connectivity index (χ3n) is 1.69. The van der Waals surface area contributed by atoms with E-state index in [2.05, 4.69) is 4.72 Å². The number of hydrogen-bond acceptors (Lipinski definition) is 5. The molecular formula is C8H11NO5S2. The van der Waals surface area contributed by atoms with Crippen molar-refractivity contribution >= 4 is 27.3 Å². The van der Waals surface area contributed by atoms with Crippen molar-refractivity contribution < 1.29 is 23.1 Å². The number of carboxylic acid groups (broad SMARTS) is 1. The van der Waals surface area contributed by atoms with Crippen molar-refractivity contribution in [3.05, 3.63) is 16.3 Å². The van der Waals surface area contributed by atoms with Crippen LogP contribution in [0.15, 0.2) is 16.3 Å². The predicted octanol–water partition coefficient (Wildman–Crippen LogP) is 0.371. The fourth-order valence-corrected chi connectivity index (χ4v) is 3.06. The molecule has 8 heteroatoms. The van der Waals surface area contributed by atoms with Gasteiger partial charge in [0.1, 0.15) is 4.88 Å². The molecule has 0 radical (unpaired) electrons. The average molecular weight is 265 g/mol. The molecule has 1 aromatic heterocycles. The molecule has 0 spiro atoms. The monoisotopic (exact) mass is 265 g/mol. The summed E-state index contributed by atoms with van der Waals surface area (Å²) in [5.74, 6) is -1.14. The minimum Gasteiger partial charge on any atom is -0.477 e. The molecule has 0 saturated heterocycles. The summed E-state index contributed by atoms with van der Waals surface area (Å²) in [4.78, 5) is 10.5. The second-order valence-corrected chi connectivity index (χ2v) is 5.52. The molecule has 1 heterocycles. The molecule has 0 fully saturated rings. The molecule has 6 nitrogen and oxygen atoms in total. The van der Waals surface area contributed by atoms with Crippen LogP contribution in [0.2, 0.25) is 0 Å². The SMILES string of the molecule is COCCNS(=O)(=O)c1csc(C(=O)O)c1. The van der Waals surface area contributed by atoms with Crippen molar-refractivity contribution in [2.75, 3.05) is 20.3 Å². The lowest BCUT2D eigenvalue weighted by atomic mass is 10.5. The Morgan fingerprint density at radius 2 is 2.31 bits per heavy atom.